The molecule has 0 saturated carbocycles. The van der Waals surface area contributed by atoms with Gasteiger partial charge >= 0.3 is 0 Å². The summed E-state index contributed by atoms with van der Waals surface area (Å²) in [6, 6.07) is 8.41. The molecule has 6 nitrogen and oxygen atoms in total. The van der Waals surface area contributed by atoms with Gasteiger partial charge in [-0.3, -0.25) is 0 Å². The zero-order valence-corrected chi connectivity index (χ0v) is 13.6. The lowest BCUT2D eigenvalue weighted by atomic mass is 10.2. The number of hydrogen-bond donors (Lipinski definition) is 2. The predicted molar refractivity (Wildman–Crippen MR) is 94.4 cm³/mol. The number of aromatic nitrogens is 3. The van der Waals surface area contributed by atoms with E-state index in [1.807, 2.05) is 0 Å². The van der Waals surface area contributed by atoms with Gasteiger partial charge in [-0.2, -0.15) is 10.1 Å². The normalized spacial score (nSPS) is 14.0. The van der Waals surface area contributed by atoms with Crippen LogP contribution in [-0.4, -0.2) is 34.8 Å². The maximum absolute atomic E-state index is 4.43. The molecule has 0 radical (unpaired) electrons. The lowest BCUT2D eigenvalue weighted by Gasteiger charge is -2.17. The molecule has 1 aliphatic rings. The van der Waals surface area contributed by atoms with Gasteiger partial charge in [-0.05, 0) is 43.5 Å². The number of rotatable bonds is 7. The summed E-state index contributed by atoms with van der Waals surface area (Å²) in [5.41, 5.74) is 2.25. The van der Waals surface area contributed by atoms with E-state index in [1.54, 1.807) is 6.20 Å². The second-order valence-electron chi connectivity index (χ2n) is 5.81. The van der Waals surface area contributed by atoms with E-state index in [9.17, 15) is 0 Å². The van der Waals surface area contributed by atoms with Crippen molar-refractivity contribution < 1.29 is 0 Å². The lowest BCUT2D eigenvalue weighted by Crippen LogP contribution is -2.17. The molecule has 1 aliphatic heterocycles. The summed E-state index contributed by atoms with van der Waals surface area (Å²) in [6.07, 6.45) is 6.50. The van der Waals surface area contributed by atoms with Gasteiger partial charge in [0.05, 0.1) is 6.20 Å². The topological polar surface area (TPSA) is 66.0 Å². The molecular formula is C17H24N6. The van der Waals surface area contributed by atoms with Gasteiger partial charge in [-0.25, -0.2) is 0 Å². The van der Waals surface area contributed by atoms with Crippen molar-refractivity contribution in [2.75, 3.05) is 35.2 Å². The largest absolute Gasteiger partial charge is 0.372 e. The average molecular weight is 312 g/mol. The summed E-state index contributed by atoms with van der Waals surface area (Å²) in [5.74, 6) is 1.27. The molecular weight excluding hydrogens is 288 g/mol. The van der Waals surface area contributed by atoms with E-state index < -0.39 is 0 Å². The van der Waals surface area contributed by atoms with Crippen molar-refractivity contribution >= 4 is 23.1 Å². The Balaban J connectivity index is 1.61. The highest BCUT2D eigenvalue weighted by Gasteiger charge is 2.11. The van der Waals surface area contributed by atoms with Gasteiger partial charge in [0.15, 0.2) is 5.82 Å². The Hall–Kier alpha value is -2.37. The Morgan fingerprint density at radius 3 is 2.65 bits per heavy atom. The zero-order valence-electron chi connectivity index (χ0n) is 13.6. The summed E-state index contributed by atoms with van der Waals surface area (Å²) in [5, 5.41) is 14.5. The number of benzene rings is 1. The van der Waals surface area contributed by atoms with Crippen molar-refractivity contribution in [3.63, 3.8) is 0 Å². The van der Waals surface area contributed by atoms with Crippen LogP contribution in [0, 0.1) is 0 Å². The summed E-state index contributed by atoms with van der Waals surface area (Å²) >= 11 is 0. The molecule has 0 amide bonds. The Morgan fingerprint density at radius 2 is 1.91 bits per heavy atom. The van der Waals surface area contributed by atoms with Crippen molar-refractivity contribution in [1.82, 2.24) is 15.2 Å². The van der Waals surface area contributed by atoms with Gasteiger partial charge in [0.25, 0.3) is 0 Å². The number of unbranched alkanes of at least 4 members (excludes halogenated alkanes) is 1. The second kappa shape index (κ2) is 7.76. The summed E-state index contributed by atoms with van der Waals surface area (Å²) < 4.78 is 0. The molecule has 0 unspecified atom stereocenters. The van der Waals surface area contributed by atoms with Crippen LogP contribution in [0.2, 0.25) is 0 Å². The molecule has 0 atom stereocenters. The number of hydrogen-bond acceptors (Lipinski definition) is 6. The standard InChI is InChI=1S/C17H24N6/c1-2-3-10-18-16-13-19-22-17(21-16)20-14-6-8-15(9-7-14)23-11-4-5-12-23/h6-9,13H,2-5,10-12H2,1H3,(H2,18,20,21,22). The van der Waals surface area contributed by atoms with Crippen LogP contribution in [0.3, 0.4) is 0 Å². The molecule has 2 aromatic rings. The van der Waals surface area contributed by atoms with Crippen LogP contribution < -0.4 is 15.5 Å². The highest BCUT2D eigenvalue weighted by Crippen LogP contribution is 2.23. The van der Waals surface area contributed by atoms with Gasteiger partial charge in [-0.1, -0.05) is 13.3 Å². The summed E-state index contributed by atoms with van der Waals surface area (Å²) in [4.78, 5) is 6.85. The van der Waals surface area contributed by atoms with Crippen molar-refractivity contribution in [1.29, 1.82) is 0 Å². The van der Waals surface area contributed by atoms with Gasteiger partial charge in [0, 0.05) is 31.0 Å². The van der Waals surface area contributed by atoms with Gasteiger partial charge < -0.3 is 15.5 Å². The van der Waals surface area contributed by atoms with E-state index in [2.05, 4.69) is 61.9 Å². The summed E-state index contributed by atoms with van der Waals surface area (Å²) in [6.45, 7) is 5.38. The molecule has 1 fully saturated rings. The molecule has 1 aromatic heterocycles. The zero-order chi connectivity index (χ0) is 15.9. The quantitative estimate of drug-likeness (QED) is 0.764. The van der Waals surface area contributed by atoms with E-state index in [1.165, 1.54) is 18.5 Å². The van der Waals surface area contributed by atoms with Crippen molar-refractivity contribution in [3.8, 4) is 0 Å². The molecule has 3 rings (SSSR count). The molecule has 23 heavy (non-hydrogen) atoms. The number of nitrogens with zero attached hydrogens (tertiary/aromatic N) is 4. The molecule has 6 heteroatoms. The highest BCUT2D eigenvalue weighted by atomic mass is 15.3. The monoisotopic (exact) mass is 312 g/mol. The fourth-order valence-corrected chi connectivity index (χ4v) is 2.69. The predicted octanol–water partition coefficient (Wildman–Crippen LogP) is 3.43. The SMILES string of the molecule is CCCCNc1cnnc(Nc2ccc(N3CCCC3)cc2)n1. The third-order valence-electron chi connectivity index (χ3n) is 3.99. The first-order valence-electron chi connectivity index (χ1n) is 8.41. The first-order chi connectivity index (χ1) is 11.3. The minimum absolute atomic E-state index is 0.514. The molecule has 0 spiro atoms. The Bertz CT molecular complexity index is 607. The van der Waals surface area contributed by atoms with Gasteiger partial charge in [-0.15, -0.1) is 5.10 Å². The van der Waals surface area contributed by atoms with Crippen LogP contribution >= 0.6 is 0 Å². The lowest BCUT2D eigenvalue weighted by molar-refractivity contribution is 0.827. The van der Waals surface area contributed by atoms with Crippen LogP contribution in [0.1, 0.15) is 32.6 Å². The van der Waals surface area contributed by atoms with E-state index in [-0.39, 0.29) is 0 Å². The maximum Gasteiger partial charge on any atom is 0.249 e. The van der Waals surface area contributed by atoms with Crippen LogP contribution in [0.15, 0.2) is 30.5 Å². The smallest absolute Gasteiger partial charge is 0.249 e. The van der Waals surface area contributed by atoms with Crippen molar-refractivity contribution in [3.05, 3.63) is 30.5 Å². The summed E-state index contributed by atoms with van der Waals surface area (Å²) in [7, 11) is 0. The third-order valence-corrected chi connectivity index (χ3v) is 3.99. The van der Waals surface area contributed by atoms with Crippen LogP contribution in [0.4, 0.5) is 23.1 Å². The molecule has 0 aliphatic carbocycles. The number of anilines is 4. The van der Waals surface area contributed by atoms with E-state index in [0.29, 0.717) is 5.95 Å². The maximum atomic E-state index is 4.43. The molecule has 2 heterocycles. The average Bonchev–Trinajstić information content (AvgIpc) is 3.11. The van der Waals surface area contributed by atoms with Crippen LogP contribution in [0.5, 0.6) is 0 Å². The van der Waals surface area contributed by atoms with E-state index in [4.69, 9.17) is 0 Å². The van der Waals surface area contributed by atoms with Gasteiger partial charge in [0.2, 0.25) is 5.95 Å². The molecule has 1 saturated heterocycles. The highest BCUT2D eigenvalue weighted by molar-refractivity contribution is 5.59. The van der Waals surface area contributed by atoms with Crippen LogP contribution in [-0.2, 0) is 0 Å². The first-order valence-corrected chi connectivity index (χ1v) is 8.41. The second-order valence-corrected chi connectivity index (χ2v) is 5.81. The van der Waals surface area contributed by atoms with E-state index >= 15 is 0 Å². The van der Waals surface area contributed by atoms with E-state index in [0.717, 1.165) is 44.0 Å². The molecule has 1 aromatic carbocycles. The molecule has 2 N–H and O–H groups in total. The first kappa shape index (κ1) is 15.5. The van der Waals surface area contributed by atoms with Crippen LogP contribution in [0.25, 0.3) is 0 Å². The third kappa shape index (κ3) is 4.31. The Morgan fingerprint density at radius 1 is 1.13 bits per heavy atom. The number of nitrogens with one attached hydrogen (secondary N) is 2. The minimum Gasteiger partial charge on any atom is -0.372 e. The van der Waals surface area contributed by atoms with Crippen molar-refractivity contribution in [2.45, 2.75) is 32.6 Å². The Labute approximate surface area is 137 Å². The fourth-order valence-electron chi connectivity index (χ4n) is 2.69. The Kier molecular flexibility index (Phi) is 5.24. The molecule has 0 bridgehead atoms. The molecule has 122 valence electrons. The van der Waals surface area contributed by atoms with Gasteiger partial charge in [0.1, 0.15) is 0 Å². The fraction of sp³-hybridized carbons (Fsp3) is 0.471. The van der Waals surface area contributed by atoms with Crippen molar-refractivity contribution in [2.24, 2.45) is 0 Å². The minimum atomic E-state index is 0.514.